The molecule has 0 aliphatic carbocycles. The first kappa shape index (κ1) is 16.3. The zero-order valence-electron chi connectivity index (χ0n) is 12.4. The lowest BCUT2D eigenvalue weighted by molar-refractivity contribution is -0.115. The summed E-state index contributed by atoms with van der Waals surface area (Å²) >= 11 is 5.87. The summed E-state index contributed by atoms with van der Waals surface area (Å²) in [7, 11) is 1.65. The first-order chi connectivity index (χ1) is 10.7. The largest absolute Gasteiger partial charge is 0.497 e. The zero-order valence-corrected chi connectivity index (χ0v) is 13.2. The van der Waals surface area contributed by atoms with Crippen molar-refractivity contribution in [3.05, 3.63) is 59.1 Å². The topological polar surface area (TPSA) is 50.4 Å². The van der Waals surface area contributed by atoms with Crippen molar-refractivity contribution in [2.75, 3.05) is 25.5 Å². The Morgan fingerprint density at radius 3 is 2.77 bits per heavy atom. The van der Waals surface area contributed by atoms with Crippen LogP contribution in [0.4, 0.5) is 5.69 Å². The van der Waals surface area contributed by atoms with Gasteiger partial charge in [0.15, 0.2) is 0 Å². The molecule has 0 radical (unpaired) electrons. The summed E-state index contributed by atoms with van der Waals surface area (Å²) in [5.74, 6) is 0.754. The summed E-state index contributed by atoms with van der Waals surface area (Å²) in [4.78, 5) is 11.8. The lowest BCUT2D eigenvalue weighted by Gasteiger charge is -2.08. The number of halogens is 1. The molecule has 116 valence electrons. The lowest BCUT2D eigenvalue weighted by atomic mass is 10.1. The highest BCUT2D eigenvalue weighted by molar-refractivity contribution is 6.30. The molecular formula is C17H19ClN2O2. The predicted octanol–water partition coefficient (Wildman–Crippen LogP) is 3.12. The molecule has 0 atom stereocenters. The quantitative estimate of drug-likeness (QED) is 0.771. The third-order valence-corrected chi connectivity index (χ3v) is 3.35. The highest BCUT2D eigenvalue weighted by atomic mass is 35.5. The molecule has 2 aromatic rings. The number of nitrogens with one attached hydrogen (secondary N) is 2. The van der Waals surface area contributed by atoms with Crippen molar-refractivity contribution in [1.29, 1.82) is 0 Å². The molecule has 0 saturated carbocycles. The van der Waals surface area contributed by atoms with E-state index in [4.69, 9.17) is 16.3 Å². The van der Waals surface area contributed by atoms with E-state index in [2.05, 4.69) is 10.6 Å². The van der Waals surface area contributed by atoms with Crippen LogP contribution in [0.15, 0.2) is 48.5 Å². The van der Waals surface area contributed by atoms with Crippen molar-refractivity contribution in [1.82, 2.24) is 5.32 Å². The maximum atomic E-state index is 11.8. The summed E-state index contributed by atoms with van der Waals surface area (Å²) in [6, 6.07) is 15.0. The standard InChI is InChI=1S/C17H19ClN2O2/c1-22-16-7-2-4-13(10-16)8-9-19-12-17(21)20-15-6-3-5-14(18)11-15/h2-7,10-11,19H,8-9,12H2,1H3,(H,20,21). The molecule has 0 bridgehead atoms. The summed E-state index contributed by atoms with van der Waals surface area (Å²) in [5.41, 5.74) is 1.87. The second-order valence-electron chi connectivity index (χ2n) is 4.84. The predicted molar refractivity (Wildman–Crippen MR) is 89.6 cm³/mol. The van der Waals surface area contributed by atoms with Gasteiger partial charge in [0.05, 0.1) is 13.7 Å². The second-order valence-corrected chi connectivity index (χ2v) is 5.27. The van der Waals surface area contributed by atoms with E-state index in [-0.39, 0.29) is 12.5 Å². The zero-order chi connectivity index (χ0) is 15.8. The van der Waals surface area contributed by atoms with Crippen LogP contribution >= 0.6 is 11.6 Å². The molecule has 0 unspecified atom stereocenters. The molecule has 0 aliphatic rings. The van der Waals surface area contributed by atoms with Gasteiger partial charge in [0.2, 0.25) is 5.91 Å². The van der Waals surface area contributed by atoms with Gasteiger partial charge in [0.25, 0.3) is 0 Å². The second kappa shape index (κ2) is 8.41. The maximum absolute atomic E-state index is 11.8. The smallest absolute Gasteiger partial charge is 0.238 e. The van der Waals surface area contributed by atoms with Crippen LogP contribution in [0, 0.1) is 0 Å². The van der Waals surface area contributed by atoms with Crippen molar-refractivity contribution >= 4 is 23.2 Å². The average molecular weight is 319 g/mol. The number of benzene rings is 2. The highest BCUT2D eigenvalue weighted by Gasteiger charge is 2.02. The maximum Gasteiger partial charge on any atom is 0.238 e. The molecule has 0 aliphatic heterocycles. The summed E-state index contributed by atoms with van der Waals surface area (Å²) in [6.45, 7) is 0.979. The number of carbonyl (C=O) groups is 1. The van der Waals surface area contributed by atoms with Gasteiger partial charge < -0.3 is 15.4 Å². The van der Waals surface area contributed by atoms with Crippen molar-refractivity contribution in [2.45, 2.75) is 6.42 Å². The monoisotopic (exact) mass is 318 g/mol. The summed E-state index contributed by atoms with van der Waals surface area (Å²) in [5, 5.41) is 6.51. The first-order valence-electron chi connectivity index (χ1n) is 7.06. The number of anilines is 1. The third kappa shape index (κ3) is 5.39. The Kier molecular flexibility index (Phi) is 6.25. The Labute approximate surface area is 135 Å². The van der Waals surface area contributed by atoms with Gasteiger partial charge in [-0.2, -0.15) is 0 Å². The molecule has 0 saturated heterocycles. The van der Waals surface area contributed by atoms with E-state index in [1.807, 2.05) is 24.3 Å². The number of rotatable bonds is 7. The van der Waals surface area contributed by atoms with Crippen LogP contribution in [0.1, 0.15) is 5.56 Å². The fraction of sp³-hybridized carbons (Fsp3) is 0.235. The normalized spacial score (nSPS) is 10.3. The molecule has 2 rings (SSSR count). The van der Waals surface area contributed by atoms with E-state index >= 15 is 0 Å². The Hall–Kier alpha value is -2.04. The fourth-order valence-corrected chi connectivity index (χ4v) is 2.22. The molecule has 1 amide bonds. The van der Waals surface area contributed by atoms with Crippen LogP contribution < -0.4 is 15.4 Å². The molecular weight excluding hydrogens is 300 g/mol. The molecule has 0 spiro atoms. The van der Waals surface area contributed by atoms with Crippen molar-refractivity contribution < 1.29 is 9.53 Å². The van der Waals surface area contributed by atoms with Crippen LogP contribution in [-0.4, -0.2) is 26.1 Å². The summed E-state index contributed by atoms with van der Waals surface area (Å²) < 4.78 is 5.18. The molecule has 22 heavy (non-hydrogen) atoms. The third-order valence-electron chi connectivity index (χ3n) is 3.12. The minimum atomic E-state index is -0.0899. The van der Waals surface area contributed by atoms with Crippen LogP contribution in [0.5, 0.6) is 5.75 Å². The van der Waals surface area contributed by atoms with Crippen LogP contribution in [0.2, 0.25) is 5.02 Å². The molecule has 0 heterocycles. The van der Waals surface area contributed by atoms with E-state index < -0.39 is 0 Å². The Bertz CT molecular complexity index is 632. The SMILES string of the molecule is COc1cccc(CCNCC(=O)Nc2cccc(Cl)c2)c1. The van der Waals surface area contributed by atoms with Gasteiger partial charge in [0.1, 0.15) is 5.75 Å². The number of hydrogen-bond acceptors (Lipinski definition) is 3. The van der Waals surface area contributed by atoms with Crippen molar-refractivity contribution in [3.63, 3.8) is 0 Å². The minimum Gasteiger partial charge on any atom is -0.497 e. The van der Waals surface area contributed by atoms with Gasteiger partial charge in [-0.25, -0.2) is 0 Å². The molecule has 2 aromatic carbocycles. The minimum absolute atomic E-state index is 0.0899. The van der Waals surface area contributed by atoms with E-state index in [0.29, 0.717) is 10.7 Å². The Morgan fingerprint density at radius 1 is 1.18 bits per heavy atom. The first-order valence-corrected chi connectivity index (χ1v) is 7.44. The molecule has 0 aromatic heterocycles. The van der Waals surface area contributed by atoms with Gasteiger partial charge in [-0.3, -0.25) is 4.79 Å². The van der Waals surface area contributed by atoms with Gasteiger partial charge in [-0.05, 0) is 48.9 Å². The molecule has 4 nitrogen and oxygen atoms in total. The van der Waals surface area contributed by atoms with E-state index in [1.54, 1.807) is 31.4 Å². The number of ether oxygens (including phenoxy) is 1. The number of carbonyl (C=O) groups excluding carboxylic acids is 1. The van der Waals surface area contributed by atoms with Gasteiger partial charge in [-0.15, -0.1) is 0 Å². The van der Waals surface area contributed by atoms with Crippen LogP contribution in [-0.2, 0) is 11.2 Å². The van der Waals surface area contributed by atoms with Gasteiger partial charge in [0, 0.05) is 10.7 Å². The van der Waals surface area contributed by atoms with Crippen molar-refractivity contribution in [2.24, 2.45) is 0 Å². The lowest BCUT2D eigenvalue weighted by Crippen LogP contribution is -2.29. The van der Waals surface area contributed by atoms with Crippen molar-refractivity contribution in [3.8, 4) is 5.75 Å². The Morgan fingerprint density at radius 2 is 2.00 bits per heavy atom. The van der Waals surface area contributed by atoms with Crippen LogP contribution in [0.25, 0.3) is 0 Å². The molecule has 5 heteroatoms. The number of hydrogen-bond donors (Lipinski definition) is 2. The van der Waals surface area contributed by atoms with Gasteiger partial charge in [-0.1, -0.05) is 29.8 Å². The van der Waals surface area contributed by atoms with E-state index in [1.165, 1.54) is 5.56 Å². The van der Waals surface area contributed by atoms with Crippen LogP contribution in [0.3, 0.4) is 0 Å². The van der Waals surface area contributed by atoms with E-state index in [0.717, 1.165) is 18.7 Å². The highest BCUT2D eigenvalue weighted by Crippen LogP contribution is 2.14. The average Bonchev–Trinajstić information content (AvgIpc) is 2.52. The molecule has 2 N–H and O–H groups in total. The van der Waals surface area contributed by atoms with Gasteiger partial charge >= 0.3 is 0 Å². The van der Waals surface area contributed by atoms with E-state index in [9.17, 15) is 4.79 Å². The number of amides is 1. The molecule has 0 fully saturated rings. The summed E-state index contributed by atoms with van der Waals surface area (Å²) in [6.07, 6.45) is 0.835. The fourth-order valence-electron chi connectivity index (χ4n) is 2.03. The number of methoxy groups -OCH3 is 1. The Balaban J connectivity index is 1.70.